The van der Waals surface area contributed by atoms with Crippen LogP contribution in [0.1, 0.15) is 43.2 Å². The summed E-state index contributed by atoms with van der Waals surface area (Å²) in [5.41, 5.74) is 1.74. The van der Waals surface area contributed by atoms with Crippen molar-refractivity contribution >= 4 is 47.3 Å². The van der Waals surface area contributed by atoms with Gasteiger partial charge < -0.3 is 25.1 Å². The van der Waals surface area contributed by atoms with Crippen LogP contribution in [0.5, 0.6) is 0 Å². The van der Waals surface area contributed by atoms with Gasteiger partial charge in [0.25, 0.3) is 0 Å². The van der Waals surface area contributed by atoms with E-state index in [-0.39, 0.29) is 25.1 Å². The predicted molar refractivity (Wildman–Crippen MR) is 159 cm³/mol. The van der Waals surface area contributed by atoms with Crippen LogP contribution in [-0.2, 0) is 22.6 Å². The Bertz CT molecular complexity index is 1270. The number of aldehydes is 1. The number of rotatable bonds is 7. The summed E-state index contributed by atoms with van der Waals surface area (Å²) < 4.78 is 5.80. The molecule has 3 aliphatic heterocycles. The van der Waals surface area contributed by atoms with Gasteiger partial charge in [-0.05, 0) is 62.1 Å². The van der Waals surface area contributed by atoms with E-state index >= 15 is 0 Å². The second-order valence-corrected chi connectivity index (χ2v) is 11.8. The summed E-state index contributed by atoms with van der Waals surface area (Å²) in [5, 5.41) is 7.25. The van der Waals surface area contributed by atoms with E-state index < -0.39 is 11.8 Å². The molecule has 2 aromatic rings. The zero-order valence-electron chi connectivity index (χ0n) is 23.3. The largest absolute Gasteiger partial charge is 0.444 e. The summed E-state index contributed by atoms with van der Waals surface area (Å²) in [7, 11) is 1.96. The number of urea groups is 1. The number of piperidine rings is 2. The topological polar surface area (TPSA) is 94.2 Å². The molecule has 5 rings (SSSR count). The van der Waals surface area contributed by atoms with Crippen LogP contribution < -0.4 is 10.6 Å². The zero-order chi connectivity index (χ0) is 29.0. The van der Waals surface area contributed by atoms with Crippen molar-refractivity contribution in [1.82, 2.24) is 20.0 Å². The monoisotopic (exact) mass is 601 g/mol. The third kappa shape index (κ3) is 6.33. The number of hydrogen-bond acceptors (Lipinski definition) is 6. The Morgan fingerprint density at radius 3 is 2.61 bits per heavy atom. The molecule has 0 aliphatic carbocycles. The maximum Gasteiger partial charge on any atom is 0.411 e. The third-order valence-electron chi connectivity index (χ3n) is 8.80. The van der Waals surface area contributed by atoms with Crippen LogP contribution in [0.3, 0.4) is 0 Å². The zero-order valence-corrected chi connectivity index (χ0v) is 24.8. The van der Waals surface area contributed by atoms with Crippen molar-refractivity contribution in [2.45, 2.75) is 62.9 Å². The number of fused-ring (bicyclic) bond motifs is 1. The highest BCUT2D eigenvalue weighted by Gasteiger charge is 2.51. The van der Waals surface area contributed by atoms with Gasteiger partial charge >= 0.3 is 12.1 Å². The van der Waals surface area contributed by atoms with E-state index in [9.17, 15) is 14.4 Å². The lowest BCUT2D eigenvalue weighted by Crippen LogP contribution is -2.69. The molecule has 0 aromatic heterocycles. The summed E-state index contributed by atoms with van der Waals surface area (Å²) in [6.45, 7) is 2.40. The number of halogens is 2. The fourth-order valence-electron chi connectivity index (χ4n) is 6.53. The summed E-state index contributed by atoms with van der Waals surface area (Å²) in [6, 6.07) is 13.1. The van der Waals surface area contributed by atoms with Crippen molar-refractivity contribution in [1.29, 1.82) is 0 Å². The molecule has 2 atom stereocenters. The molecule has 0 saturated carbocycles. The molecule has 41 heavy (non-hydrogen) atoms. The number of ether oxygens (including phenoxy) is 1. The molecular weight excluding hydrogens is 565 g/mol. The number of para-hydroxylation sites is 1. The highest BCUT2D eigenvalue weighted by atomic mass is 35.5. The van der Waals surface area contributed by atoms with Gasteiger partial charge in [-0.1, -0.05) is 47.5 Å². The standard InChI is InChI=1S/C30H37Cl2N5O4/c1-33-23-9-13-35(14-10-23)30(12-17-38)19-24(36-15-8-22-4-2-3-5-27(22)34-28(36)39)11-16-37(30)29(40)41-20-21-6-7-25(31)26(32)18-21/h2-7,17-18,23-24,33H,8-16,19-20H2,1H3,(H,34,39)/t24-,30+/m1/s1. The number of amides is 3. The maximum atomic E-state index is 13.7. The molecule has 220 valence electrons. The summed E-state index contributed by atoms with van der Waals surface area (Å²) in [6.07, 6.45) is 4.10. The van der Waals surface area contributed by atoms with Crippen LogP contribution >= 0.6 is 23.2 Å². The Hall–Kier alpha value is -2.85. The number of carbonyl (C=O) groups is 3. The molecule has 9 nitrogen and oxygen atoms in total. The van der Waals surface area contributed by atoms with Gasteiger partial charge in [0.15, 0.2) is 0 Å². The molecule has 0 bridgehead atoms. The highest BCUT2D eigenvalue weighted by Crippen LogP contribution is 2.39. The molecule has 3 aliphatic rings. The Labute approximate surface area is 251 Å². The average molecular weight is 603 g/mol. The maximum absolute atomic E-state index is 13.7. The van der Waals surface area contributed by atoms with Gasteiger partial charge in [-0.3, -0.25) is 9.80 Å². The van der Waals surface area contributed by atoms with Crippen molar-refractivity contribution in [3.63, 3.8) is 0 Å². The Kier molecular flexibility index (Phi) is 9.38. The number of nitrogens with one attached hydrogen (secondary N) is 2. The molecule has 0 unspecified atom stereocenters. The van der Waals surface area contributed by atoms with Crippen LogP contribution in [0.15, 0.2) is 42.5 Å². The van der Waals surface area contributed by atoms with Gasteiger partial charge in [-0.15, -0.1) is 0 Å². The fourth-order valence-corrected chi connectivity index (χ4v) is 6.85. The molecule has 3 heterocycles. The van der Waals surface area contributed by atoms with Crippen LogP contribution in [0.25, 0.3) is 0 Å². The summed E-state index contributed by atoms with van der Waals surface area (Å²) in [5.74, 6) is 0. The predicted octanol–water partition coefficient (Wildman–Crippen LogP) is 5.15. The number of likely N-dealkylation sites (tertiary alicyclic amines) is 2. The minimum Gasteiger partial charge on any atom is -0.444 e. The molecule has 11 heteroatoms. The first-order valence-corrected chi connectivity index (χ1v) is 15.0. The number of hydrogen-bond donors (Lipinski definition) is 2. The van der Waals surface area contributed by atoms with E-state index in [0.717, 1.165) is 55.5 Å². The average Bonchev–Trinajstić information content (AvgIpc) is 3.15. The van der Waals surface area contributed by atoms with E-state index in [4.69, 9.17) is 27.9 Å². The lowest BCUT2D eigenvalue weighted by molar-refractivity contribution is -0.127. The number of anilines is 1. The Morgan fingerprint density at radius 2 is 1.88 bits per heavy atom. The lowest BCUT2D eigenvalue weighted by atomic mass is 9.85. The van der Waals surface area contributed by atoms with Crippen molar-refractivity contribution < 1.29 is 19.1 Å². The van der Waals surface area contributed by atoms with E-state index in [1.54, 1.807) is 23.1 Å². The Balaban J connectivity index is 1.40. The minimum absolute atomic E-state index is 0.0292. The van der Waals surface area contributed by atoms with Crippen molar-refractivity contribution in [2.24, 2.45) is 0 Å². The van der Waals surface area contributed by atoms with E-state index in [0.29, 0.717) is 42.0 Å². The molecule has 0 radical (unpaired) electrons. The van der Waals surface area contributed by atoms with Gasteiger partial charge in [0.2, 0.25) is 0 Å². The van der Waals surface area contributed by atoms with E-state index in [1.807, 2.05) is 36.2 Å². The van der Waals surface area contributed by atoms with Crippen LogP contribution in [0.2, 0.25) is 10.0 Å². The second kappa shape index (κ2) is 13.0. The van der Waals surface area contributed by atoms with Gasteiger partial charge in [-0.25, -0.2) is 9.59 Å². The molecule has 2 N–H and O–H groups in total. The normalized spacial score (nSPS) is 23.9. The molecule has 2 aromatic carbocycles. The number of nitrogens with zero attached hydrogens (tertiary/aromatic N) is 3. The lowest BCUT2D eigenvalue weighted by Gasteiger charge is -2.56. The first kappa shape index (κ1) is 29.6. The SMILES string of the molecule is CNC1CCN([C@]2(CC=O)C[C@H](N3CCc4ccccc4NC3=O)CCN2C(=O)OCc2ccc(Cl)c(Cl)c2)CC1. The van der Waals surface area contributed by atoms with Crippen LogP contribution in [-0.4, -0.2) is 84.1 Å². The second-order valence-electron chi connectivity index (χ2n) is 11.0. The fraction of sp³-hybridized carbons (Fsp3) is 0.500. The first-order valence-electron chi connectivity index (χ1n) is 14.2. The quantitative estimate of drug-likeness (QED) is 0.426. The number of benzene rings is 2. The Morgan fingerprint density at radius 1 is 1.10 bits per heavy atom. The van der Waals surface area contributed by atoms with Crippen molar-refractivity contribution in [3.05, 3.63) is 63.6 Å². The van der Waals surface area contributed by atoms with E-state index in [1.165, 1.54) is 0 Å². The van der Waals surface area contributed by atoms with Gasteiger partial charge in [0.05, 0.1) is 10.0 Å². The van der Waals surface area contributed by atoms with Gasteiger partial charge in [-0.2, -0.15) is 0 Å². The van der Waals surface area contributed by atoms with Crippen molar-refractivity contribution in [3.8, 4) is 0 Å². The van der Waals surface area contributed by atoms with Crippen LogP contribution in [0, 0.1) is 0 Å². The summed E-state index contributed by atoms with van der Waals surface area (Å²) in [4.78, 5) is 45.3. The molecule has 0 spiro atoms. The first-order chi connectivity index (χ1) is 19.8. The van der Waals surface area contributed by atoms with E-state index in [2.05, 4.69) is 15.5 Å². The minimum atomic E-state index is -0.905. The third-order valence-corrected chi connectivity index (χ3v) is 9.54. The van der Waals surface area contributed by atoms with Crippen molar-refractivity contribution in [2.75, 3.05) is 38.5 Å². The molecule has 2 saturated heterocycles. The number of carbonyl (C=O) groups excluding carboxylic acids is 3. The summed E-state index contributed by atoms with van der Waals surface area (Å²) >= 11 is 12.2. The van der Waals surface area contributed by atoms with Crippen LogP contribution in [0.4, 0.5) is 15.3 Å². The molecule has 2 fully saturated rings. The van der Waals surface area contributed by atoms with Gasteiger partial charge in [0, 0.05) is 56.8 Å². The van der Waals surface area contributed by atoms with Gasteiger partial charge in [0.1, 0.15) is 18.6 Å². The molecule has 3 amide bonds. The molecular formula is C30H37Cl2N5O4. The smallest absolute Gasteiger partial charge is 0.411 e. The highest BCUT2D eigenvalue weighted by molar-refractivity contribution is 6.42.